The van der Waals surface area contributed by atoms with Crippen molar-refractivity contribution in [3.63, 3.8) is 0 Å². The fraction of sp³-hybridized carbons (Fsp3) is 0.350. The summed E-state index contributed by atoms with van der Waals surface area (Å²) in [5.74, 6) is -1.21. The van der Waals surface area contributed by atoms with E-state index in [1.807, 2.05) is 0 Å². The Morgan fingerprint density at radius 2 is 1.82 bits per heavy atom. The summed E-state index contributed by atoms with van der Waals surface area (Å²) in [7, 11) is 0. The first-order valence-electron chi connectivity index (χ1n) is 8.77. The summed E-state index contributed by atoms with van der Waals surface area (Å²) in [6.07, 6.45) is -0.527. The zero-order valence-electron chi connectivity index (χ0n) is 14.7. The molecule has 0 aromatic heterocycles. The number of halogens is 5. The third-order valence-corrected chi connectivity index (χ3v) is 6.21. The normalized spacial score (nSPS) is 23.3. The number of amides is 1. The summed E-state index contributed by atoms with van der Waals surface area (Å²) in [6, 6.07) is 7.50. The summed E-state index contributed by atoms with van der Waals surface area (Å²) >= 11 is 18.0. The van der Waals surface area contributed by atoms with Crippen LogP contribution in [0.4, 0.5) is 8.78 Å². The van der Waals surface area contributed by atoms with Gasteiger partial charge >= 0.3 is 0 Å². The van der Waals surface area contributed by atoms with Gasteiger partial charge in [0.15, 0.2) is 0 Å². The lowest BCUT2D eigenvalue weighted by Crippen LogP contribution is -2.48. The van der Waals surface area contributed by atoms with Crippen LogP contribution in [0.15, 0.2) is 36.4 Å². The van der Waals surface area contributed by atoms with Crippen molar-refractivity contribution in [1.29, 1.82) is 0 Å². The van der Waals surface area contributed by atoms with Crippen LogP contribution < -0.4 is 5.32 Å². The van der Waals surface area contributed by atoms with E-state index in [9.17, 15) is 18.7 Å². The van der Waals surface area contributed by atoms with Crippen LogP contribution in [0.2, 0.25) is 15.1 Å². The van der Waals surface area contributed by atoms with Crippen molar-refractivity contribution >= 4 is 40.7 Å². The van der Waals surface area contributed by atoms with E-state index in [4.69, 9.17) is 34.8 Å². The highest BCUT2D eigenvalue weighted by atomic mass is 35.5. The first kappa shape index (κ1) is 21.3. The minimum absolute atomic E-state index is 0.104. The van der Waals surface area contributed by atoms with Gasteiger partial charge in [-0.3, -0.25) is 4.79 Å². The molecule has 0 heterocycles. The van der Waals surface area contributed by atoms with Gasteiger partial charge in [-0.1, -0.05) is 46.9 Å². The molecule has 2 aromatic carbocycles. The molecule has 2 N–H and O–H groups in total. The molecule has 1 amide bonds. The van der Waals surface area contributed by atoms with Crippen molar-refractivity contribution in [3.05, 3.63) is 68.4 Å². The van der Waals surface area contributed by atoms with Gasteiger partial charge in [0, 0.05) is 5.56 Å². The highest BCUT2D eigenvalue weighted by Crippen LogP contribution is 2.42. The average Bonchev–Trinajstić information content (AvgIpc) is 2.67. The third kappa shape index (κ3) is 4.43. The molecule has 8 heteroatoms. The van der Waals surface area contributed by atoms with Crippen LogP contribution in [0.3, 0.4) is 0 Å². The zero-order valence-corrected chi connectivity index (χ0v) is 17.0. The first-order chi connectivity index (χ1) is 13.2. The molecular weight excluding hydrogens is 431 g/mol. The number of carbonyl (C=O) groups is 1. The maximum atomic E-state index is 14.0. The van der Waals surface area contributed by atoms with Gasteiger partial charge in [-0.15, -0.1) is 0 Å². The predicted octanol–water partition coefficient (Wildman–Crippen LogP) is 5.90. The summed E-state index contributed by atoms with van der Waals surface area (Å²) in [4.78, 5) is 12.8. The quantitative estimate of drug-likeness (QED) is 0.612. The summed E-state index contributed by atoms with van der Waals surface area (Å²) < 4.78 is 27.7. The van der Waals surface area contributed by atoms with Gasteiger partial charge < -0.3 is 10.4 Å². The minimum Gasteiger partial charge on any atom is -0.387 e. The van der Waals surface area contributed by atoms with E-state index in [0.29, 0.717) is 5.02 Å². The van der Waals surface area contributed by atoms with Crippen molar-refractivity contribution in [2.75, 3.05) is 0 Å². The van der Waals surface area contributed by atoms with Crippen LogP contribution in [0, 0.1) is 5.82 Å². The zero-order chi connectivity index (χ0) is 20.5. The van der Waals surface area contributed by atoms with E-state index in [2.05, 4.69) is 5.32 Å². The van der Waals surface area contributed by atoms with Gasteiger partial charge in [-0.2, -0.15) is 0 Å². The lowest BCUT2D eigenvalue weighted by molar-refractivity contribution is -0.0445. The second-order valence-electron chi connectivity index (χ2n) is 6.96. The number of hydrogen-bond acceptors (Lipinski definition) is 2. The van der Waals surface area contributed by atoms with Gasteiger partial charge in [-0.25, -0.2) is 8.78 Å². The van der Waals surface area contributed by atoms with Crippen molar-refractivity contribution in [2.45, 2.75) is 43.5 Å². The predicted molar refractivity (Wildman–Crippen MR) is 106 cm³/mol. The Kier molecular flexibility index (Phi) is 6.50. The number of carbonyl (C=O) groups excluding carboxylic acids is 1. The molecule has 3 rings (SSSR count). The molecule has 3 nitrogen and oxygen atoms in total. The molecule has 1 fully saturated rings. The topological polar surface area (TPSA) is 49.3 Å². The van der Waals surface area contributed by atoms with Crippen LogP contribution in [-0.4, -0.2) is 22.8 Å². The summed E-state index contributed by atoms with van der Waals surface area (Å²) in [5.41, 5.74) is -1.02. The number of hydrogen-bond donors (Lipinski definition) is 2. The maximum Gasteiger partial charge on any atom is 0.251 e. The largest absolute Gasteiger partial charge is 0.387 e. The Balaban J connectivity index is 1.97. The van der Waals surface area contributed by atoms with Crippen LogP contribution in [0.5, 0.6) is 0 Å². The van der Waals surface area contributed by atoms with E-state index in [0.717, 1.165) is 0 Å². The monoisotopic (exact) mass is 447 g/mol. The Morgan fingerprint density at radius 3 is 2.46 bits per heavy atom. The number of aliphatic hydroxyl groups is 1. The summed E-state index contributed by atoms with van der Waals surface area (Å²) in [5, 5.41) is 14.2. The van der Waals surface area contributed by atoms with Gasteiger partial charge in [-0.05, 0) is 55.5 Å². The van der Waals surface area contributed by atoms with E-state index in [1.54, 1.807) is 0 Å². The number of rotatable bonds is 4. The molecule has 0 aliphatic heterocycles. The molecule has 1 atom stereocenters. The second kappa shape index (κ2) is 8.54. The fourth-order valence-electron chi connectivity index (χ4n) is 3.47. The molecule has 150 valence electrons. The lowest BCUT2D eigenvalue weighted by Gasteiger charge is -2.41. The molecule has 1 unspecified atom stereocenters. The van der Waals surface area contributed by atoms with Gasteiger partial charge in [0.2, 0.25) is 0 Å². The molecule has 0 bridgehead atoms. The van der Waals surface area contributed by atoms with Crippen LogP contribution in [0.1, 0.15) is 47.6 Å². The molecule has 1 aliphatic rings. The van der Waals surface area contributed by atoms with E-state index in [1.165, 1.54) is 36.4 Å². The van der Waals surface area contributed by atoms with Crippen LogP contribution in [0.25, 0.3) is 0 Å². The van der Waals surface area contributed by atoms with Crippen LogP contribution >= 0.6 is 34.8 Å². The Labute approximate surface area is 176 Å². The van der Waals surface area contributed by atoms with Crippen molar-refractivity contribution in [3.8, 4) is 0 Å². The Morgan fingerprint density at radius 1 is 1.14 bits per heavy atom. The highest BCUT2D eigenvalue weighted by molar-refractivity contribution is 6.42. The van der Waals surface area contributed by atoms with Gasteiger partial charge in [0.1, 0.15) is 12.0 Å². The molecule has 2 aromatic rings. The standard InChI is InChI=1S/C20H18Cl3F2NO2/c21-14-5-4-11(10-15(14)22)19(27)26-18(13-2-1-3-16(25)17(13)23)20(28)8-6-12(24)7-9-20/h1-5,10,12,18,28H,6-9H2,(H,26,27). The molecule has 0 radical (unpaired) electrons. The molecule has 1 saturated carbocycles. The fourth-order valence-corrected chi connectivity index (χ4v) is 4.00. The van der Waals surface area contributed by atoms with E-state index in [-0.39, 0.29) is 46.9 Å². The minimum atomic E-state index is -1.47. The molecule has 0 spiro atoms. The SMILES string of the molecule is O=C(NC(c1cccc(F)c1Cl)C1(O)CCC(F)CC1)c1ccc(Cl)c(Cl)c1. The van der Waals surface area contributed by atoms with Crippen molar-refractivity contribution in [2.24, 2.45) is 0 Å². The number of benzene rings is 2. The summed E-state index contributed by atoms with van der Waals surface area (Å²) in [6.45, 7) is 0. The molecular formula is C20H18Cl3F2NO2. The molecule has 1 aliphatic carbocycles. The van der Waals surface area contributed by atoms with E-state index >= 15 is 0 Å². The Bertz CT molecular complexity index is 886. The second-order valence-corrected chi connectivity index (χ2v) is 8.15. The number of nitrogens with one attached hydrogen (secondary N) is 1. The van der Waals surface area contributed by atoms with E-state index < -0.39 is 29.5 Å². The van der Waals surface area contributed by atoms with Gasteiger partial charge in [0.25, 0.3) is 5.91 Å². The maximum absolute atomic E-state index is 14.0. The number of alkyl halides is 1. The third-order valence-electron chi connectivity index (χ3n) is 5.07. The van der Waals surface area contributed by atoms with Crippen LogP contribution in [-0.2, 0) is 0 Å². The van der Waals surface area contributed by atoms with Gasteiger partial charge in [0.05, 0.1) is 26.7 Å². The molecule has 28 heavy (non-hydrogen) atoms. The smallest absolute Gasteiger partial charge is 0.251 e. The Hall–Kier alpha value is -1.40. The average molecular weight is 449 g/mol. The van der Waals surface area contributed by atoms with Crippen molar-refractivity contribution in [1.82, 2.24) is 5.32 Å². The van der Waals surface area contributed by atoms with Crippen molar-refractivity contribution < 1.29 is 18.7 Å². The first-order valence-corrected chi connectivity index (χ1v) is 9.91. The highest BCUT2D eigenvalue weighted by Gasteiger charge is 2.43. The lowest BCUT2D eigenvalue weighted by atomic mass is 9.76. The molecule has 0 saturated heterocycles.